The number of aromatic amines is 1. The number of carbonyl (C=O) groups is 1. The van der Waals surface area contributed by atoms with Crippen LogP contribution in [-0.2, 0) is 0 Å². The van der Waals surface area contributed by atoms with Crippen LogP contribution >= 0.6 is 0 Å². The maximum Gasteiger partial charge on any atom is 0.340 e. The third kappa shape index (κ3) is 2.58. The van der Waals surface area contributed by atoms with Crippen LogP contribution in [-0.4, -0.2) is 30.6 Å². The highest BCUT2D eigenvalue weighted by Crippen LogP contribution is 2.34. The number of carboxylic acids is 1. The lowest BCUT2D eigenvalue weighted by Crippen LogP contribution is -2.11. The summed E-state index contributed by atoms with van der Waals surface area (Å²) < 4.78 is 16.8. The minimum atomic E-state index is -1.32. The number of aromatic nitrogens is 4. The highest BCUT2D eigenvalue weighted by atomic mass is 19.1. The lowest BCUT2D eigenvalue weighted by Gasteiger charge is -2.23. The normalized spacial score (nSPS) is 15.5. The number of aromatic carboxylic acids is 1. The van der Waals surface area contributed by atoms with Crippen molar-refractivity contribution in [2.24, 2.45) is 0 Å². The maximum absolute atomic E-state index is 14.5. The van der Waals surface area contributed by atoms with Crippen LogP contribution in [0.2, 0.25) is 0 Å². The SMILES string of the molecule is O=C(O)c1c(F)cc(-c2ccc3c(c2)ncn3C2CCCCC2)c2nc[nH]c12. The smallest absolute Gasteiger partial charge is 0.340 e. The van der Waals surface area contributed by atoms with E-state index in [1.807, 2.05) is 24.5 Å². The lowest BCUT2D eigenvalue weighted by molar-refractivity contribution is 0.0694. The molecule has 2 aromatic carbocycles. The fourth-order valence-corrected chi connectivity index (χ4v) is 4.35. The van der Waals surface area contributed by atoms with E-state index in [1.54, 1.807) is 0 Å². The van der Waals surface area contributed by atoms with E-state index in [2.05, 4.69) is 19.5 Å². The summed E-state index contributed by atoms with van der Waals surface area (Å²) in [5.41, 5.74) is 3.45. The molecule has 28 heavy (non-hydrogen) atoms. The number of hydrogen-bond donors (Lipinski definition) is 2. The molecule has 1 aliphatic carbocycles. The Morgan fingerprint density at radius 2 is 2.00 bits per heavy atom. The fraction of sp³-hybridized carbons (Fsp3) is 0.286. The summed E-state index contributed by atoms with van der Waals surface area (Å²) in [5, 5.41) is 9.31. The molecule has 0 atom stereocenters. The summed E-state index contributed by atoms with van der Waals surface area (Å²) >= 11 is 0. The van der Waals surface area contributed by atoms with Crippen LogP contribution in [0.4, 0.5) is 4.39 Å². The minimum absolute atomic E-state index is 0.190. The monoisotopic (exact) mass is 378 g/mol. The lowest BCUT2D eigenvalue weighted by atomic mass is 9.95. The average Bonchev–Trinajstić information content (AvgIpc) is 3.34. The van der Waals surface area contributed by atoms with Gasteiger partial charge in [-0.25, -0.2) is 19.2 Å². The third-order valence-corrected chi connectivity index (χ3v) is 5.72. The first-order valence-electron chi connectivity index (χ1n) is 9.49. The van der Waals surface area contributed by atoms with E-state index >= 15 is 0 Å². The van der Waals surface area contributed by atoms with E-state index in [0.717, 1.165) is 16.6 Å². The van der Waals surface area contributed by atoms with E-state index in [4.69, 9.17) is 0 Å². The van der Waals surface area contributed by atoms with Gasteiger partial charge in [0.25, 0.3) is 0 Å². The molecule has 1 aliphatic rings. The number of nitrogens with zero attached hydrogens (tertiary/aromatic N) is 3. The van der Waals surface area contributed by atoms with Crippen molar-refractivity contribution < 1.29 is 14.3 Å². The largest absolute Gasteiger partial charge is 0.478 e. The number of halogens is 1. The Morgan fingerprint density at radius 1 is 1.18 bits per heavy atom. The number of hydrogen-bond acceptors (Lipinski definition) is 3. The van der Waals surface area contributed by atoms with Gasteiger partial charge < -0.3 is 14.7 Å². The van der Waals surface area contributed by atoms with Crippen LogP contribution in [0.25, 0.3) is 33.2 Å². The van der Waals surface area contributed by atoms with Gasteiger partial charge in [0.05, 0.1) is 34.7 Å². The Kier molecular flexibility index (Phi) is 3.89. The molecule has 0 aliphatic heterocycles. The summed E-state index contributed by atoms with van der Waals surface area (Å²) in [7, 11) is 0. The van der Waals surface area contributed by atoms with Crippen LogP contribution in [0.15, 0.2) is 36.9 Å². The third-order valence-electron chi connectivity index (χ3n) is 5.72. The van der Waals surface area contributed by atoms with Gasteiger partial charge in [0, 0.05) is 11.6 Å². The molecule has 0 radical (unpaired) electrons. The van der Waals surface area contributed by atoms with Crippen LogP contribution in [0.3, 0.4) is 0 Å². The molecule has 7 heteroatoms. The van der Waals surface area contributed by atoms with Crippen LogP contribution in [0.1, 0.15) is 48.5 Å². The Hall–Kier alpha value is -3.22. The molecule has 0 bridgehead atoms. The number of carboxylic acid groups (broad SMARTS) is 1. The van der Waals surface area contributed by atoms with Gasteiger partial charge in [-0.15, -0.1) is 0 Å². The summed E-state index contributed by atoms with van der Waals surface area (Å²) in [4.78, 5) is 23.0. The number of benzene rings is 2. The molecular weight excluding hydrogens is 359 g/mol. The topological polar surface area (TPSA) is 83.8 Å². The second-order valence-corrected chi connectivity index (χ2v) is 7.36. The van der Waals surface area contributed by atoms with Gasteiger partial charge in [-0.05, 0) is 36.6 Å². The molecule has 2 aromatic heterocycles. The van der Waals surface area contributed by atoms with Crippen molar-refractivity contribution in [3.05, 3.63) is 48.3 Å². The number of rotatable bonds is 3. The molecule has 0 spiro atoms. The zero-order chi connectivity index (χ0) is 19.3. The summed E-state index contributed by atoms with van der Waals surface area (Å²) in [6.07, 6.45) is 9.40. The highest BCUT2D eigenvalue weighted by Gasteiger charge is 2.21. The van der Waals surface area contributed by atoms with Gasteiger partial charge in [-0.2, -0.15) is 0 Å². The van der Waals surface area contributed by atoms with Crippen molar-refractivity contribution in [2.45, 2.75) is 38.1 Å². The number of fused-ring (bicyclic) bond motifs is 2. The summed E-state index contributed by atoms with van der Waals surface area (Å²) in [6.45, 7) is 0. The zero-order valence-electron chi connectivity index (χ0n) is 15.2. The van der Waals surface area contributed by atoms with Crippen molar-refractivity contribution in [1.29, 1.82) is 0 Å². The van der Waals surface area contributed by atoms with Gasteiger partial charge in [0.1, 0.15) is 11.4 Å². The Balaban J connectivity index is 1.63. The summed E-state index contributed by atoms with van der Waals surface area (Å²) in [6, 6.07) is 7.57. The van der Waals surface area contributed by atoms with Crippen LogP contribution < -0.4 is 0 Å². The maximum atomic E-state index is 14.5. The van der Waals surface area contributed by atoms with Crippen LogP contribution in [0.5, 0.6) is 0 Å². The molecule has 1 fully saturated rings. The molecule has 4 aromatic rings. The number of nitrogens with one attached hydrogen (secondary N) is 1. The number of H-pyrrole nitrogens is 1. The van der Waals surface area contributed by atoms with Crippen molar-refractivity contribution >= 4 is 28.0 Å². The van der Waals surface area contributed by atoms with Crippen molar-refractivity contribution in [3.8, 4) is 11.1 Å². The second-order valence-electron chi connectivity index (χ2n) is 7.36. The first-order valence-corrected chi connectivity index (χ1v) is 9.49. The van der Waals surface area contributed by atoms with Crippen LogP contribution in [0, 0.1) is 5.82 Å². The molecule has 0 unspecified atom stereocenters. The standard InChI is InChI=1S/C21H19FN4O2/c22-15-9-14(19-20(24-10-23-19)18(15)21(27)28)12-6-7-17-16(8-12)25-11-26(17)13-4-2-1-3-5-13/h6-11,13H,1-5H2,(H,23,24)(H,27,28). The first kappa shape index (κ1) is 16.9. The quantitative estimate of drug-likeness (QED) is 0.530. The van der Waals surface area contributed by atoms with Gasteiger partial charge >= 0.3 is 5.97 Å². The zero-order valence-corrected chi connectivity index (χ0v) is 15.2. The van der Waals surface area contributed by atoms with Gasteiger partial charge in [-0.3, -0.25) is 0 Å². The van der Waals surface area contributed by atoms with Crippen molar-refractivity contribution in [2.75, 3.05) is 0 Å². The molecular formula is C21H19FN4O2. The van der Waals surface area contributed by atoms with E-state index < -0.39 is 11.8 Å². The van der Waals surface area contributed by atoms with E-state index in [9.17, 15) is 14.3 Å². The Labute approximate surface area is 160 Å². The van der Waals surface area contributed by atoms with E-state index in [0.29, 0.717) is 17.1 Å². The molecule has 6 nitrogen and oxygen atoms in total. The molecule has 5 rings (SSSR count). The molecule has 0 amide bonds. The molecule has 2 heterocycles. The molecule has 0 saturated heterocycles. The highest BCUT2D eigenvalue weighted by molar-refractivity contribution is 6.06. The van der Waals surface area contributed by atoms with E-state index in [-0.39, 0.29) is 11.1 Å². The van der Waals surface area contributed by atoms with Gasteiger partial charge in [0.2, 0.25) is 0 Å². The first-order chi connectivity index (χ1) is 13.6. The second kappa shape index (κ2) is 6.44. The average molecular weight is 378 g/mol. The van der Waals surface area contributed by atoms with Crippen molar-refractivity contribution in [1.82, 2.24) is 19.5 Å². The predicted molar refractivity (Wildman–Crippen MR) is 104 cm³/mol. The Morgan fingerprint density at radius 3 is 2.79 bits per heavy atom. The predicted octanol–water partition coefficient (Wildman–Crippen LogP) is 4.92. The molecule has 1 saturated carbocycles. The molecule has 2 N–H and O–H groups in total. The summed E-state index contributed by atoms with van der Waals surface area (Å²) in [5.74, 6) is -2.10. The molecule has 142 valence electrons. The Bertz CT molecular complexity index is 1200. The number of imidazole rings is 2. The minimum Gasteiger partial charge on any atom is -0.478 e. The van der Waals surface area contributed by atoms with Gasteiger partial charge in [-0.1, -0.05) is 25.3 Å². The van der Waals surface area contributed by atoms with E-state index in [1.165, 1.54) is 44.5 Å². The van der Waals surface area contributed by atoms with Crippen molar-refractivity contribution in [3.63, 3.8) is 0 Å². The fourth-order valence-electron chi connectivity index (χ4n) is 4.35. The van der Waals surface area contributed by atoms with Gasteiger partial charge in [0.15, 0.2) is 0 Å².